The highest BCUT2D eigenvalue weighted by Gasteiger charge is 2.14. The molecule has 1 aromatic rings. The fraction of sp³-hybridized carbons (Fsp3) is 0.400. The summed E-state index contributed by atoms with van der Waals surface area (Å²) in [7, 11) is 0. The molecular weight excluding hydrogens is 232 g/mol. The van der Waals surface area contributed by atoms with Gasteiger partial charge in [0.25, 0.3) is 0 Å². The van der Waals surface area contributed by atoms with Crippen molar-refractivity contribution in [2.75, 3.05) is 12.4 Å². The van der Waals surface area contributed by atoms with E-state index in [4.69, 9.17) is 14.3 Å². The highest BCUT2D eigenvalue weighted by atomic mass is 32.2. The molecule has 0 bridgehead atoms. The van der Waals surface area contributed by atoms with Gasteiger partial charge in [-0.15, -0.1) is 11.8 Å². The molecule has 5 nitrogen and oxygen atoms in total. The Kier molecular flexibility index (Phi) is 4.91. The molecule has 1 N–H and O–H groups in total. The number of carbonyl (C=O) groups excluding carboxylic acids is 1. The average molecular weight is 244 g/mol. The Balaban J connectivity index is 2.40. The van der Waals surface area contributed by atoms with Crippen LogP contribution in [0.4, 0.5) is 0 Å². The normalized spacial score (nSPS) is 10.1. The molecule has 0 atom stereocenters. The molecule has 0 aliphatic carbocycles. The first-order valence-corrected chi connectivity index (χ1v) is 5.83. The number of furan rings is 1. The second-order valence-corrected chi connectivity index (χ2v) is 3.86. The Morgan fingerprint density at radius 1 is 1.56 bits per heavy atom. The van der Waals surface area contributed by atoms with Crippen LogP contribution in [0.25, 0.3) is 0 Å². The number of carboxylic acids is 1. The third-order valence-electron chi connectivity index (χ3n) is 1.72. The molecule has 1 aromatic heterocycles. The summed E-state index contributed by atoms with van der Waals surface area (Å²) >= 11 is 1.29. The highest BCUT2D eigenvalue weighted by Crippen LogP contribution is 2.17. The van der Waals surface area contributed by atoms with E-state index in [0.717, 1.165) is 0 Å². The number of hydrogen-bond donors (Lipinski definition) is 1. The van der Waals surface area contributed by atoms with Crippen LogP contribution in [0.2, 0.25) is 0 Å². The minimum absolute atomic E-state index is 0.0728. The topological polar surface area (TPSA) is 76.7 Å². The predicted octanol–water partition coefficient (Wildman–Crippen LogP) is 1.77. The van der Waals surface area contributed by atoms with Gasteiger partial charge in [-0.25, -0.2) is 4.79 Å². The van der Waals surface area contributed by atoms with Gasteiger partial charge in [-0.2, -0.15) is 0 Å². The van der Waals surface area contributed by atoms with Gasteiger partial charge < -0.3 is 14.3 Å². The number of aromatic carboxylic acids is 1. The standard InChI is InChI=1S/C10H12O5S/c1-2-14-8(11)6-16-5-7-3-4-15-9(7)10(12)13/h3-4H,2,5-6H2,1H3,(H,12,13). The van der Waals surface area contributed by atoms with Crippen molar-refractivity contribution in [3.8, 4) is 0 Å². The van der Waals surface area contributed by atoms with Gasteiger partial charge in [0.1, 0.15) is 0 Å². The summed E-state index contributed by atoms with van der Waals surface area (Å²) in [5.74, 6) is -0.851. The largest absolute Gasteiger partial charge is 0.475 e. The third kappa shape index (κ3) is 3.62. The first-order valence-electron chi connectivity index (χ1n) is 4.68. The van der Waals surface area contributed by atoms with E-state index in [-0.39, 0.29) is 17.5 Å². The molecule has 0 spiro atoms. The van der Waals surface area contributed by atoms with Gasteiger partial charge in [0, 0.05) is 11.3 Å². The average Bonchev–Trinajstić information content (AvgIpc) is 2.66. The molecule has 1 heterocycles. The van der Waals surface area contributed by atoms with Crippen LogP contribution in [0.3, 0.4) is 0 Å². The van der Waals surface area contributed by atoms with Crippen molar-refractivity contribution in [1.82, 2.24) is 0 Å². The lowest BCUT2D eigenvalue weighted by molar-refractivity contribution is -0.139. The molecule has 0 amide bonds. The summed E-state index contributed by atoms with van der Waals surface area (Å²) in [4.78, 5) is 21.7. The van der Waals surface area contributed by atoms with Gasteiger partial charge in [-0.05, 0) is 13.0 Å². The van der Waals surface area contributed by atoms with E-state index in [2.05, 4.69) is 0 Å². The molecule has 16 heavy (non-hydrogen) atoms. The van der Waals surface area contributed by atoms with Gasteiger partial charge in [0.15, 0.2) is 0 Å². The van der Waals surface area contributed by atoms with Crippen LogP contribution in [0.5, 0.6) is 0 Å². The number of hydrogen-bond acceptors (Lipinski definition) is 5. The van der Waals surface area contributed by atoms with Crippen LogP contribution in [0, 0.1) is 0 Å². The number of ether oxygens (including phenoxy) is 1. The molecule has 0 fully saturated rings. The van der Waals surface area contributed by atoms with E-state index in [1.165, 1.54) is 18.0 Å². The molecule has 0 saturated carbocycles. The SMILES string of the molecule is CCOC(=O)CSCc1ccoc1C(=O)O. The molecule has 88 valence electrons. The maximum atomic E-state index is 11.0. The van der Waals surface area contributed by atoms with Crippen molar-refractivity contribution >= 4 is 23.7 Å². The molecule has 0 aliphatic rings. The number of rotatable bonds is 6. The van der Waals surface area contributed by atoms with Crippen molar-refractivity contribution in [3.63, 3.8) is 0 Å². The third-order valence-corrected chi connectivity index (χ3v) is 2.68. The minimum atomic E-state index is -1.10. The maximum Gasteiger partial charge on any atom is 0.372 e. The Morgan fingerprint density at radius 3 is 2.94 bits per heavy atom. The predicted molar refractivity (Wildman–Crippen MR) is 58.5 cm³/mol. The van der Waals surface area contributed by atoms with Gasteiger partial charge in [0.2, 0.25) is 5.76 Å². The summed E-state index contributed by atoms with van der Waals surface area (Å²) in [5, 5.41) is 8.75. The summed E-state index contributed by atoms with van der Waals surface area (Å²) in [5.41, 5.74) is 0.571. The van der Waals surface area contributed by atoms with E-state index < -0.39 is 5.97 Å². The van der Waals surface area contributed by atoms with Crippen molar-refractivity contribution in [2.45, 2.75) is 12.7 Å². The van der Waals surface area contributed by atoms with Crippen LogP contribution in [0.15, 0.2) is 16.7 Å². The molecule has 0 aliphatic heterocycles. The second-order valence-electron chi connectivity index (χ2n) is 2.88. The van der Waals surface area contributed by atoms with Crippen LogP contribution < -0.4 is 0 Å². The molecular formula is C10H12O5S. The second kappa shape index (κ2) is 6.22. The van der Waals surface area contributed by atoms with Gasteiger partial charge in [-0.3, -0.25) is 4.79 Å². The zero-order chi connectivity index (χ0) is 12.0. The number of esters is 1. The number of thioether (sulfide) groups is 1. The van der Waals surface area contributed by atoms with Crippen molar-refractivity contribution in [1.29, 1.82) is 0 Å². The minimum Gasteiger partial charge on any atom is -0.475 e. The fourth-order valence-electron chi connectivity index (χ4n) is 1.08. The Hall–Kier alpha value is -1.43. The van der Waals surface area contributed by atoms with Crippen LogP contribution in [0.1, 0.15) is 23.0 Å². The summed E-state index contributed by atoms with van der Waals surface area (Å²) in [6.07, 6.45) is 1.32. The Bertz CT molecular complexity index is 371. The monoisotopic (exact) mass is 244 g/mol. The van der Waals surface area contributed by atoms with E-state index in [9.17, 15) is 9.59 Å². The number of carboxylic acid groups (broad SMARTS) is 1. The summed E-state index contributed by atoms with van der Waals surface area (Å²) in [6.45, 7) is 2.09. The van der Waals surface area contributed by atoms with Gasteiger partial charge >= 0.3 is 11.9 Å². The summed E-state index contributed by atoms with van der Waals surface area (Å²) < 4.78 is 9.54. The van der Waals surface area contributed by atoms with E-state index in [1.807, 2.05) is 0 Å². The fourth-order valence-corrected chi connectivity index (χ4v) is 1.88. The smallest absolute Gasteiger partial charge is 0.372 e. The first-order chi connectivity index (χ1) is 7.65. The number of carbonyl (C=O) groups is 2. The van der Waals surface area contributed by atoms with Crippen LogP contribution in [-0.2, 0) is 15.3 Å². The van der Waals surface area contributed by atoms with E-state index in [0.29, 0.717) is 17.9 Å². The Labute approximate surface area is 96.8 Å². The maximum absolute atomic E-state index is 11.0. The first kappa shape index (κ1) is 12.6. The Morgan fingerprint density at radius 2 is 2.31 bits per heavy atom. The van der Waals surface area contributed by atoms with Crippen molar-refractivity contribution in [2.24, 2.45) is 0 Å². The molecule has 6 heteroatoms. The zero-order valence-corrected chi connectivity index (χ0v) is 9.58. The lowest BCUT2D eigenvalue weighted by Crippen LogP contribution is -2.07. The van der Waals surface area contributed by atoms with Gasteiger partial charge in [0.05, 0.1) is 18.6 Å². The van der Waals surface area contributed by atoms with Crippen molar-refractivity contribution < 1.29 is 23.8 Å². The lowest BCUT2D eigenvalue weighted by atomic mass is 10.3. The quantitative estimate of drug-likeness (QED) is 0.768. The zero-order valence-electron chi connectivity index (χ0n) is 8.76. The van der Waals surface area contributed by atoms with Gasteiger partial charge in [-0.1, -0.05) is 0 Å². The van der Waals surface area contributed by atoms with E-state index >= 15 is 0 Å². The van der Waals surface area contributed by atoms with Crippen LogP contribution >= 0.6 is 11.8 Å². The molecule has 0 saturated heterocycles. The van der Waals surface area contributed by atoms with Crippen molar-refractivity contribution in [3.05, 3.63) is 23.7 Å². The highest BCUT2D eigenvalue weighted by molar-refractivity contribution is 7.99. The van der Waals surface area contributed by atoms with E-state index in [1.54, 1.807) is 13.0 Å². The van der Waals surface area contributed by atoms with Crippen LogP contribution in [-0.4, -0.2) is 29.4 Å². The summed E-state index contributed by atoms with van der Waals surface area (Å²) in [6, 6.07) is 1.58. The molecule has 0 unspecified atom stereocenters. The lowest BCUT2D eigenvalue weighted by Gasteiger charge is -2.01. The molecule has 0 radical (unpaired) electrons. The molecule has 1 rings (SSSR count). The molecule has 0 aromatic carbocycles.